The SMILES string of the molecule is COc1ccc(-c2ccc(=O)n(CC3CCC(C)CC3)c2)cc1. The molecule has 3 heteroatoms. The molecule has 0 aliphatic heterocycles. The topological polar surface area (TPSA) is 31.2 Å². The molecule has 3 rings (SSSR count). The fourth-order valence-corrected chi connectivity index (χ4v) is 3.42. The maximum Gasteiger partial charge on any atom is 0.250 e. The molecule has 0 radical (unpaired) electrons. The van der Waals surface area contributed by atoms with Gasteiger partial charge in [-0.15, -0.1) is 0 Å². The van der Waals surface area contributed by atoms with Gasteiger partial charge in [0.1, 0.15) is 5.75 Å². The first kappa shape index (κ1) is 15.9. The number of benzene rings is 1. The molecule has 122 valence electrons. The van der Waals surface area contributed by atoms with Crippen LogP contribution < -0.4 is 10.3 Å². The summed E-state index contributed by atoms with van der Waals surface area (Å²) in [6.07, 6.45) is 7.05. The molecular weight excluding hydrogens is 286 g/mol. The molecule has 3 nitrogen and oxygen atoms in total. The highest BCUT2D eigenvalue weighted by Crippen LogP contribution is 2.29. The van der Waals surface area contributed by atoms with Crippen molar-refractivity contribution in [1.82, 2.24) is 4.57 Å². The van der Waals surface area contributed by atoms with Gasteiger partial charge < -0.3 is 9.30 Å². The quantitative estimate of drug-likeness (QED) is 0.840. The van der Waals surface area contributed by atoms with Crippen molar-refractivity contribution in [3.05, 3.63) is 52.9 Å². The van der Waals surface area contributed by atoms with Crippen LogP contribution in [0.4, 0.5) is 0 Å². The summed E-state index contributed by atoms with van der Waals surface area (Å²) in [5.74, 6) is 2.32. The van der Waals surface area contributed by atoms with E-state index in [0.29, 0.717) is 5.92 Å². The van der Waals surface area contributed by atoms with Crippen molar-refractivity contribution in [1.29, 1.82) is 0 Å². The Morgan fingerprint density at radius 1 is 1.00 bits per heavy atom. The molecule has 0 N–H and O–H groups in total. The minimum atomic E-state index is 0.0980. The van der Waals surface area contributed by atoms with Gasteiger partial charge in [-0.2, -0.15) is 0 Å². The average molecular weight is 311 g/mol. The molecule has 0 spiro atoms. The lowest BCUT2D eigenvalue weighted by atomic mass is 9.83. The van der Waals surface area contributed by atoms with Gasteiger partial charge >= 0.3 is 0 Å². The maximum atomic E-state index is 12.2. The number of ether oxygens (including phenoxy) is 1. The highest BCUT2D eigenvalue weighted by Gasteiger charge is 2.18. The zero-order valence-corrected chi connectivity index (χ0v) is 14.0. The van der Waals surface area contributed by atoms with Crippen molar-refractivity contribution in [2.24, 2.45) is 11.8 Å². The minimum absolute atomic E-state index is 0.0980. The summed E-state index contributed by atoms with van der Waals surface area (Å²) in [6.45, 7) is 3.17. The third-order valence-electron chi connectivity index (χ3n) is 5.00. The number of rotatable bonds is 4. The van der Waals surface area contributed by atoms with Gasteiger partial charge in [-0.25, -0.2) is 0 Å². The van der Waals surface area contributed by atoms with E-state index < -0.39 is 0 Å². The number of hydrogen-bond donors (Lipinski definition) is 0. The lowest BCUT2D eigenvalue weighted by Gasteiger charge is -2.26. The second-order valence-corrected chi connectivity index (χ2v) is 6.76. The fraction of sp³-hybridized carbons (Fsp3) is 0.450. The summed E-state index contributed by atoms with van der Waals surface area (Å²) in [5.41, 5.74) is 2.29. The predicted molar refractivity (Wildman–Crippen MR) is 93.8 cm³/mol. The van der Waals surface area contributed by atoms with Crippen LogP contribution >= 0.6 is 0 Å². The zero-order valence-electron chi connectivity index (χ0n) is 14.0. The third kappa shape index (κ3) is 3.84. The molecule has 1 aliphatic carbocycles. The Bertz CT molecular complexity index is 694. The van der Waals surface area contributed by atoms with Crippen molar-refractivity contribution in [2.75, 3.05) is 7.11 Å². The van der Waals surface area contributed by atoms with Crippen molar-refractivity contribution in [2.45, 2.75) is 39.2 Å². The first-order chi connectivity index (χ1) is 11.2. The highest BCUT2D eigenvalue weighted by atomic mass is 16.5. The Labute approximate surface area is 137 Å². The van der Waals surface area contributed by atoms with E-state index in [1.807, 2.05) is 41.1 Å². The summed E-state index contributed by atoms with van der Waals surface area (Å²) in [6, 6.07) is 11.6. The van der Waals surface area contributed by atoms with Crippen LogP contribution in [0.15, 0.2) is 47.4 Å². The van der Waals surface area contributed by atoms with Crippen molar-refractivity contribution in [3.63, 3.8) is 0 Å². The molecule has 0 bridgehead atoms. The first-order valence-electron chi connectivity index (χ1n) is 8.50. The second kappa shape index (κ2) is 7.03. The van der Waals surface area contributed by atoms with Gasteiger partial charge in [0.25, 0.3) is 5.56 Å². The minimum Gasteiger partial charge on any atom is -0.497 e. The smallest absolute Gasteiger partial charge is 0.250 e. The summed E-state index contributed by atoms with van der Waals surface area (Å²) >= 11 is 0. The van der Waals surface area contributed by atoms with Crippen LogP contribution in [0.3, 0.4) is 0 Å². The first-order valence-corrected chi connectivity index (χ1v) is 8.50. The van der Waals surface area contributed by atoms with Crippen LogP contribution in [0.5, 0.6) is 5.75 Å². The standard InChI is InChI=1S/C20H25NO2/c1-15-3-5-16(6-4-15)13-21-14-18(9-12-20(21)22)17-7-10-19(23-2)11-8-17/h7-12,14-16H,3-6,13H2,1-2H3. The van der Waals surface area contributed by atoms with E-state index in [-0.39, 0.29) is 5.56 Å². The molecule has 0 unspecified atom stereocenters. The van der Waals surface area contributed by atoms with Gasteiger partial charge in [-0.05, 0) is 54.0 Å². The molecule has 1 aliphatic rings. The Kier molecular flexibility index (Phi) is 4.85. The highest BCUT2D eigenvalue weighted by molar-refractivity contribution is 5.63. The lowest BCUT2D eigenvalue weighted by molar-refractivity contribution is 0.263. The molecule has 23 heavy (non-hydrogen) atoms. The Morgan fingerprint density at radius 3 is 2.30 bits per heavy atom. The Hall–Kier alpha value is -2.03. The van der Waals surface area contributed by atoms with Crippen molar-refractivity contribution >= 4 is 0 Å². The summed E-state index contributed by atoms with van der Waals surface area (Å²) in [5, 5.41) is 0. The van der Waals surface area contributed by atoms with Gasteiger partial charge in [-0.1, -0.05) is 31.9 Å². The second-order valence-electron chi connectivity index (χ2n) is 6.76. The number of hydrogen-bond acceptors (Lipinski definition) is 2. The summed E-state index contributed by atoms with van der Waals surface area (Å²) in [7, 11) is 1.67. The monoisotopic (exact) mass is 311 g/mol. The molecule has 1 aromatic carbocycles. The number of methoxy groups -OCH3 is 1. The van der Waals surface area contributed by atoms with E-state index in [9.17, 15) is 4.79 Å². The normalized spacial score (nSPS) is 21.1. The number of aromatic nitrogens is 1. The fourth-order valence-electron chi connectivity index (χ4n) is 3.42. The average Bonchev–Trinajstić information content (AvgIpc) is 2.59. The summed E-state index contributed by atoms with van der Waals surface area (Å²) in [4.78, 5) is 12.2. The molecule has 1 saturated carbocycles. The molecule has 1 fully saturated rings. The largest absolute Gasteiger partial charge is 0.497 e. The van der Waals surface area contributed by atoms with Crippen molar-refractivity contribution in [3.8, 4) is 16.9 Å². The van der Waals surface area contributed by atoms with E-state index in [0.717, 1.165) is 29.3 Å². The molecule has 2 aromatic rings. The van der Waals surface area contributed by atoms with Gasteiger partial charge in [-0.3, -0.25) is 4.79 Å². The van der Waals surface area contributed by atoms with Crippen LogP contribution in [0, 0.1) is 11.8 Å². The van der Waals surface area contributed by atoms with Gasteiger partial charge in [0.15, 0.2) is 0 Å². The van der Waals surface area contributed by atoms with E-state index in [2.05, 4.69) is 6.92 Å². The van der Waals surface area contributed by atoms with Crippen LogP contribution in [-0.2, 0) is 6.54 Å². The maximum absolute atomic E-state index is 12.2. The van der Waals surface area contributed by atoms with E-state index in [1.165, 1.54) is 25.7 Å². The van der Waals surface area contributed by atoms with Gasteiger partial charge in [0.05, 0.1) is 7.11 Å². The van der Waals surface area contributed by atoms with Crippen molar-refractivity contribution < 1.29 is 4.74 Å². The lowest BCUT2D eigenvalue weighted by Crippen LogP contribution is -2.25. The zero-order chi connectivity index (χ0) is 16.2. The molecule has 0 amide bonds. The predicted octanol–water partition coefficient (Wildman–Crippen LogP) is 4.35. The third-order valence-corrected chi connectivity index (χ3v) is 5.00. The van der Waals surface area contributed by atoms with E-state index in [1.54, 1.807) is 13.2 Å². The number of pyridine rings is 1. The van der Waals surface area contributed by atoms with Gasteiger partial charge in [0, 0.05) is 18.8 Å². The van der Waals surface area contributed by atoms with Crippen LogP contribution in [0.25, 0.3) is 11.1 Å². The Balaban J connectivity index is 1.79. The summed E-state index contributed by atoms with van der Waals surface area (Å²) < 4.78 is 7.09. The Morgan fingerprint density at radius 2 is 1.65 bits per heavy atom. The molecule has 1 aromatic heterocycles. The van der Waals surface area contributed by atoms with Crippen LogP contribution in [0.2, 0.25) is 0 Å². The molecular formula is C20H25NO2. The van der Waals surface area contributed by atoms with Gasteiger partial charge in [0.2, 0.25) is 0 Å². The van der Waals surface area contributed by atoms with E-state index in [4.69, 9.17) is 4.74 Å². The van der Waals surface area contributed by atoms with Crippen LogP contribution in [-0.4, -0.2) is 11.7 Å². The molecule has 0 saturated heterocycles. The molecule has 1 heterocycles. The molecule has 0 atom stereocenters. The number of nitrogens with zero attached hydrogens (tertiary/aromatic N) is 1. The van der Waals surface area contributed by atoms with E-state index >= 15 is 0 Å². The van der Waals surface area contributed by atoms with Crippen LogP contribution in [0.1, 0.15) is 32.6 Å².